The minimum atomic E-state index is 0.634. The molecule has 0 aliphatic rings. The van der Waals surface area contributed by atoms with Crippen LogP contribution in [0.5, 0.6) is 0 Å². The molecule has 0 aromatic heterocycles. The van der Waals surface area contributed by atoms with Crippen LogP contribution in [-0.2, 0) is 0 Å². The van der Waals surface area contributed by atoms with Gasteiger partial charge in [-0.15, -0.1) is 0 Å². The molecule has 0 amide bonds. The van der Waals surface area contributed by atoms with Crippen molar-refractivity contribution in [3.05, 3.63) is 158 Å². The van der Waals surface area contributed by atoms with Crippen LogP contribution in [0.25, 0.3) is 0 Å². The van der Waals surface area contributed by atoms with Gasteiger partial charge in [0.2, 0.25) is 0 Å². The number of hydrogen-bond donors (Lipinski definition) is 0. The molecular formula is C32H22Br3N3S3. The lowest BCUT2D eigenvalue weighted by Gasteiger charge is -2.24. The van der Waals surface area contributed by atoms with Crippen molar-refractivity contribution >= 4 is 95.3 Å². The predicted molar refractivity (Wildman–Crippen MR) is 188 cm³/mol. The zero-order valence-electron chi connectivity index (χ0n) is 21.4. The van der Waals surface area contributed by atoms with Gasteiger partial charge in [0, 0.05) is 75.1 Å². The van der Waals surface area contributed by atoms with Gasteiger partial charge in [0.15, 0.2) is 11.7 Å². The lowest BCUT2D eigenvalue weighted by molar-refractivity contribution is 1.10. The van der Waals surface area contributed by atoms with Crippen LogP contribution in [0, 0.1) is 0 Å². The highest BCUT2D eigenvalue weighted by Crippen LogP contribution is 2.37. The van der Waals surface area contributed by atoms with Gasteiger partial charge in [-0.2, -0.15) is 4.40 Å². The van der Waals surface area contributed by atoms with Crippen LogP contribution in [0.1, 0.15) is 11.1 Å². The fourth-order valence-corrected chi connectivity index (χ4v) is 6.92. The van der Waals surface area contributed by atoms with Crippen molar-refractivity contribution in [2.24, 2.45) is 9.39 Å². The van der Waals surface area contributed by atoms with E-state index in [1.807, 2.05) is 72.8 Å². The molecule has 0 saturated heterocycles. The van der Waals surface area contributed by atoms with Crippen LogP contribution in [0.2, 0.25) is 0 Å². The predicted octanol–water partition coefficient (Wildman–Crippen LogP) is 11.6. The molecule has 204 valence electrons. The number of benzene rings is 5. The summed E-state index contributed by atoms with van der Waals surface area (Å²) < 4.78 is 10.2. The molecule has 0 spiro atoms. The highest BCUT2D eigenvalue weighted by atomic mass is 79.9. The topological polar surface area (TPSA) is 28.0 Å². The minimum Gasteiger partial charge on any atom is -0.231 e. The molecule has 41 heavy (non-hydrogen) atoms. The summed E-state index contributed by atoms with van der Waals surface area (Å²) in [7, 11) is 0. The van der Waals surface area contributed by atoms with E-state index in [1.165, 1.54) is 11.9 Å². The maximum atomic E-state index is 5.28. The zero-order chi connectivity index (χ0) is 28.4. The van der Waals surface area contributed by atoms with Crippen molar-refractivity contribution < 1.29 is 0 Å². The lowest BCUT2D eigenvalue weighted by atomic mass is 10.2. The van der Waals surface area contributed by atoms with Gasteiger partial charge in [-0.3, -0.25) is 0 Å². The summed E-state index contributed by atoms with van der Waals surface area (Å²) >= 11 is 15.3. The Hall–Kier alpha value is -2.27. The van der Waals surface area contributed by atoms with E-state index in [2.05, 4.69) is 112 Å². The third kappa shape index (κ3) is 9.11. The molecule has 0 aliphatic carbocycles. The van der Waals surface area contributed by atoms with Gasteiger partial charge < -0.3 is 0 Å². The van der Waals surface area contributed by atoms with E-state index in [9.17, 15) is 0 Å². The van der Waals surface area contributed by atoms with E-state index >= 15 is 0 Å². The molecule has 9 heteroatoms. The summed E-state index contributed by atoms with van der Waals surface area (Å²) in [6.45, 7) is 0. The second kappa shape index (κ2) is 15.3. The number of amidine groups is 2. The van der Waals surface area contributed by atoms with Gasteiger partial charge in [-0.1, -0.05) is 108 Å². The van der Waals surface area contributed by atoms with Crippen LogP contribution in [0.4, 0.5) is 0 Å². The summed E-state index contributed by atoms with van der Waals surface area (Å²) in [5, 5.41) is 0. The Bertz CT molecular complexity index is 1570. The molecule has 0 fully saturated rings. The smallest absolute Gasteiger partial charge is 0.169 e. The van der Waals surface area contributed by atoms with Crippen LogP contribution < -0.4 is 0 Å². The number of rotatable bonds is 8. The molecule has 0 saturated carbocycles. The quantitative estimate of drug-likeness (QED) is 0.0890. The normalized spacial score (nSPS) is 11.9. The molecule has 0 bridgehead atoms. The van der Waals surface area contributed by atoms with Gasteiger partial charge in [-0.05, 0) is 72.8 Å². The number of nitrogens with zero attached hydrogens (tertiary/aromatic N) is 3. The SMILES string of the molecule is Brc1ccc(S/N=C(/N=C(c2ccccc2)N(Sc2ccc(Br)cc2)Sc2ccc(Br)cc2)c2ccccc2)cc1. The van der Waals surface area contributed by atoms with Crippen LogP contribution in [0.3, 0.4) is 0 Å². The van der Waals surface area contributed by atoms with E-state index in [1.54, 1.807) is 23.9 Å². The fourth-order valence-electron chi connectivity index (χ4n) is 3.50. The molecule has 0 heterocycles. The monoisotopic (exact) mass is 781 g/mol. The zero-order valence-corrected chi connectivity index (χ0v) is 28.6. The third-order valence-electron chi connectivity index (χ3n) is 5.50. The minimum absolute atomic E-state index is 0.634. The van der Waals surface area contributed by atoms with Crippen molar-refractivity contribution in [1.82, 2.24) is 3.71 Å². The molecule has 0 atom stereocenters. The Morgan fingerprint density at radius 3 is 1.37 bits per heavy atom. The molecule has 5 rings (SSSR count). The van der Waals surface area contributed by atoms with Crippen LogP contribution in [0.15, 0.2) is 171 Å². The van der Waals surface area contributed by atoms with Gasteiger partial charge >= 0.3 is 0 Å². The van der Waals surface area contributed by atoms with Gasteiger partial charge in [0.25, 0.3) is 0 Å². The lowest BCUT2D eigenvalue weighted by Crippen LogP contribution is -2.21. The molecule has 0 unspecified atom stereocenters. The molecular weight excluding hydrogens is 762 g/mol. The van der Waals surface area contributed by atoms with E-state index in [4.69, 9.17) is 9.39 Å². The maximum absolute atomic E-state index is 5.28. The first-order valence-corrected chi connectivity index (χ1v) is 17.1. The Morgan fingerprint density at radius 1 is 0.488 bits per heavy atom. The molecule has 5 aromatic carbocycles. The largest absolute Gasteiger partial charge is 0.231 e. The molecule has 0 radical (unpaired) electrons. The molecule has 3 nitrogen and oxygen atoms in total. The Morgan fingerprint density at radius 2 is 0.902 bits per heavy atom. The fraction of sp³-hybridized carbons (Fsp3) is 0. The van der Waals surface area contributed by atoms with Crippen molar-refractivity contribution in [2.45, 2.75) is 14.7 Å². The summed E-state index contributed by atoms with van der Waals surface area (Å²) in [6, 6.07) is 45.1. The van der Waals surface area contributed by atoms with Crippen molar-refractivity contribution in [3.8, 4) is 0 Å². The summed E-state index contributed by atoms with van der Waals surface area (Å²) in [6.07, 6.45) is 0. The Labute approximate surface area is 278 Å². The molecule has 0 N–H and O–H groups in total. The van der Waals surface area contributed by atoms with E-state index in [0.717, 1.165) is 45.1 Å². The number of halogens is 3. The summed E-state index contributed by atoms with van der Waals surface area (Å²) in [5.41, 5.74) is 1.92. The highest BCUT2D eigenvalue weighted by molar-refractivity contribution is 9.11. The Kier molecular flexibility index (Phi) is 11.2. The van der Waals surface area contributed by atoms with Gasteiger partial charge in [0.1, 0.15) is 0 Å². The van der Waals surface area contributed by atoms with E-state index < -0.39 is 0 Å². The average molecular weight is 784 g/mol. The van der Waals surface area contributed by atoms with Crippen LogP contribution >= 0.6 is 83.6 Å². The second-order valence-corrected chi connectivity index (χ2v) is 14.3. The molecule has 5 aromatic rings. The van der Waals surface area contributed by atoms with Gasteiger partial charge in [-0.25, -0.2) is 8.70 Å². The van der Waals surface area contributed by atoms with E-state index in [-0.39, 0.29) is 0 Å². The summed E-state index contributed by atoms with van der Waals surface area (Å²) in [5.74, 6) is 1.42. The van der Waals surface area contributed by atoms with Crippen molar-refractivity contribution in [1.29, 1.82) is 0 Å². The first kappa shape index (κ1) is 30.2. The summed E-state index contributed by atoms with van der Waals surface area (Å²) in [4.78, 5) is 8.48. The number of aliphatic imine (C=N–C) groups is 1. The van der Waals surface area contributed by atoms with Gasteiger partial charge in [0.05, 0.1) is 0 Å². The Balaban J connectivity index is 1.62. The average Bonchev–Trinajstić information content (AvgIpc) is 3.01. The standard InChI is InChI=1S/C32H22Br3N3S3/c33-25-11-17-28(18-12-25)39-37-31(23-7-3-1-4-8-23)36-32(24-9-5-2-6-10-24)38(40-29-19-13-26(34)14-20-29)41-30-21-15-27(35)16-22-30/h1-22H/b36-32?,37-31+. The van der Waals surface area contributed by atoms with E-state index in [0.29, 0.717) is 5.84 Å². The second-order valence-electron chi connectivity index (χ2n) is 8.48. The maximum Gasteiger partial charge on any atom is 0.169 e. The highest BCUT2D eigenvalue weighted by Gasteiger charge is 2.20. The first-order chi connectivity index (χ1) is 20.0. The third-order valence-corrected chi connectivity index (χ3v) is 9.93. The van der Waals surface area contributed by atoms with Crippen molar-refractivity contribution in [2.75, 3.05) is 0 Å². The number of hydrogen-bond acceptors (Lipinski definition) is 4. The van der Waals surface area contributed by atoms with Crippen LogP contribution in [-0.4, -0.2) is 15.4 Å². The molecule has 0 aliphatic heterocycles. The van der Waals surface area contributed by atoms with Crippen molar-refractivity contribution in [3.63, 3.8) is 0 Å². The first-order valence-electron chi connectivity index (χ1n) is 12.4.